The molecule has 0 aromatic heterocycles. The number of carbonyl (C=O) groups is 2. The van der Waals surface area contributed by atoms with E-state index in [4.69, 9.17) is 4.74 Å². The maximum Gasteiger partial charge on any atom is 0.234 e. The molecule has 0 radical (unpaired) electrons. The van der Waals surface area contributed by atoms with Gasteiger partial charge in [0.2, 0.25) is 11.8 Å². The highest BCUT2D eigenvalue weighted by Gasteiger charge is 2.58. The molecular weight excluding hydrogens is 604 g/mol. The topological polar surface area (TPSA) is 70.1 Å². The lowest BCUT2D eigenvalue weighted by Crippen LogP contribution is -2.47. The van der Waals surface area contributed by atoms with Crippen molar-refractivity contribution in [3.63, 3.8) is 0 Å². The zero-order valence-corrected chi connectivity index (χ0v) is 27.1. The lowest BCUT2D eigenvalue weighted by Gasteiger charge is -2.36. The van der Waals surface area contributed by atoms with Crippen molar-refractivity contribution < 1.29 is 19.4 Å². The zero-order valence-electron chi connectivity index (χ0n) is 25.5. The predicted octanol–water partition coefficient (Wildman–Crippen LogP) is 6.98. The molecule has 228 valence electrons. The zero-order chi connectivity index (χ0) is 30.2. The molecule has 2 amide bonds. The van der Waals surface area contributed by atoms with E-state index in [0.717, 1.165) is 60.9 Å². The van der Waals surface area contributed by atoms with Crippen LogP contribution in [-0.4, -0.2) is 58.6 Å². The number of fused-ring (bicyclic) bond motifs is 3. The molecule has 7 heteroatoms. The summed E-state index contributed by atoms with van der Waals surface area (Å²) < 4.78 is 7.36. The van der Waals surface area contributed by atoms with E-state index < -0.39 is 0 Å². The number of nitrogens with zero attached hydrogens (tertiary/aromatic N) is 2. The monoisotopic (exact) mass is 646 g/mol. The lowest BCUT2D eigenvalue weighted by molar-refractivity contribution is -0.144. The molecule has 1 aliphatic carbocycles. The molecule has 43 heavy (non-hydrogen) atoms. The van der Waals surface area contributed by atoms with Crippen LogP contribution in [0.15, 0.2) is 69.7 Å². The molecule has 2 aromatic rings. The first kappa shape index (κ1) is 30.3. The van der Waals surface area contributed by atoms with Gasteiger partial charge in [0, 0.05) is 41.6 Å². The second-order valence-electron chi connectivity index (χ2n) is 13.2. The van der Waals surface area contributed by atoms with Crippen LogP contribution < -0.4 is 0 Å². The number of rotatable bonds is 8. The Hall–Kier alpha value is -2.74. The molecule has 4 atom stereocenters. The van der Waals surface area contributed by atoms with Gasteiger partial charge in [-0.25, -0.2) is 0 Å². The number of aromatic hydroxyl groups is 1. The molecule has 1 N–H and O–H groups in total. The van der Waals surface area contributed by atoms with Crippen LogP contribution in [-0.2, 0) is 20.9 Å². The summed E-state index contributed by atoms with van der Waals surface area (Å²) in [5.41, 5.74) is 5.86. The van der Waals surface area contributed by atoms with E-state index in [1.807, 2.05) is 24.3 Å². The minimum atomic E-state index is -0.299. The Morgan fingerprint density at radius 1 is 1.07 bits per heavy atom. The highest BCUT2D eigenvalue weighted by molar-refractivity contribution is 9.10. The van der Waals surface area contributed by atoms with E-state index in [1.54, 1.807) is 11.0 Å². The van der Waals surface area contributed by atoms with Crippen LogP contribution in [0.5, 0.6) is 5.75 Å². The van der Waals surface area contributed by atoms with E-state index in [2.05, 4.69) is 65.9 Å². The van der Waals surface area contributed by atoms with Crippen LogP contribution in [0.4, 0.5) is 0 Å². The van der Waals surface area contributed by atoms with E-state index in [0.29, 0.717) is 18.9 Å². The van der Waals surface area contributed by atoms with Crippen molar-refractivity contribution >= 4 is 33.8 Å². The number of ether oxygens (including phenoxy) is 1. The van der Waals surface area contributed by atoms with Gasteiger partial charge in [-0.1, -0.05) is 77.3 Å². The minimum absolute atomic E-state index is 0.0103. The van der Waals surface area contributed by atoms with Crippen molar-refractivity contribution in [2.45, 2.75) is 71.6 Å². The van der Waals surface area contributed by atoms with Gasteiger partial charge in [0.15, 0.2) is 0 Å². The molecule has 4 aliphatic rings. The number of allylic oxidation sites excluding steroid dienone is 2. The summed E-state index contributed by atoms with van der Waals surface area (Å²) in [7, 11) is 0. The largest absolute Gasteiger partial charge is 0.507 e. The second-order valence-corrected chi connectivity index (χ2v) is 14.1. The Morgan fingerprint density at radius 3 is 2.53 bits per heavy atom. The van der Waals surface area contributed by atoms with Gasteiger partial charge in [-0.15, -0.1) is 0 Å². The van der Waals surface area contributed by atoms with Crippen molar-refractivity contribution in [3.05, 3.63) is 80.8 Å². The van der Waals surface area contributed by atoms with Crippen LogP contribution in [0.25, 0.3) is 6.08 Å². The van der Waals surface area contributed by atoms with Gasteiger partial charge < -0.3 is 9.84 Å². The van der Waals surface area contributed by atoms with E-state index in [9.17, 15) is 14.7 Å². The number of halogens is 1. The minimum Gasteiger partial charge on any atom is -0.507 e. The van der Waals surface area contributed by atoms with E-state index in [1.165, 1.54) is 16.7 Å². The number of phenols is 1. The van der Waals surface area contributed by atoms with E-state index >= 15 is 0 Å². The van der Waals surface area contributed by atoms with Gasteiger partial charge >= 0.3 is 0 Å². The third-order valence-electron chi connectivity index (χ3n) is 10.0. The average molecular weight is 648 g/mol. The smallest absolute Gasteiger partial charge is 0.234 e. The van der Waals surface area contributed by atoms with Crippen molar-refractivity contribution in [2.75, 3.05) is 19.7 Å². The first-order valence-corrected chi connectivity index (χ1v) is 16.6. The average Bonchev–Trinajstić information content (AvgIpc) is 3.52. The number of hydrogen-bond donors (Lipinski definition) is 1. The molecule has 0 bridgehead atoms. The predicted molar refractivity (Wildman–Crippen MR) is 172 cm³/mol. The summed E-state index contributed by atoms with van der Waals surface area (Å²) >= 11 is 3.49. The Morgan fingerprint density at radius 2 is 1.81 bits per heavy atom. The Kier molecular flexibility index (Phi) is 8.95. The van der Waals surface area contributed by atoms with Crippen molar-refractivity contribution in [1.29, 1.82) is 0 Å². The molecule has 3 heterocycles. The number of piperidine rings is 1. The number of carbonyl (C=O) groups excluding carboxylic acids is 2. The molecular formula is C36H43BrN2O4. The van der Waals surface area contributed by atoms with Crippen LogP contribution in [0.2, 0.25) is 0 Å². The van der Waals surface area contributed by atoms with Gasteiger partial charge in [-0.2, -0.15) is 0 Å². The molecule has 3 fully saturated rings. The van der Waals surface area contributed by atoms with E-state index in [-0.39, 0.29) is 47.5 Å². The van der Waals surface area contributed by atoms with Crippen LogP contribution in [0.3, 0.4) is 0 Å². The number of benzene rings is 2. The van der Waals surface area contributed by atoms with Crippen molar-refractivity contribution in [3.8, 4) is 5.75 Å². The fourth-order valence-corrected chi connectivity index (χ4v) is 8.24. The van der Waals surface area contributed by atoms with Crippen LogP contribution >= 0.6 is 15.9 Å². The fraction of sp³-hybridized carbons (Fsp3) is 0.500. The summed E-state index contributed by atoms with van der Waals surface area (Å²) in [6.45, 7) is 9.71. The Balaban J connectivity index is 1.14. The summed E-state index contributed by atoms with van der Waals surface area (Å²) in [6, 6.07) is 15.9. The normalized spacial score (nSPS) is 26.9. The number of phenolic OH excluding ortho intramolecular Hbond substituents is 1. The first-order chi connectivity index (χ1) is 20.7. The van der Waals surface area contributed by atoms with Crippen LogP contribution in [0, 0.1) is 23.7 Å². The fourth-order valence-electron chi connectivity index (χ4n) is 7.86. The molecule has 0 spiro atoms. The molecule has 0 unspecified atom stereocenters. The standard InChI is InChI=1S/C36H43BrN2O4/c1-22(2)28-19-29-34(30-21-43-32(33(28)30)12-9-23(3)17-25-18-26(37)10-11-31(25)40)36(42)39(35(29)41)27-13-15-38(16-14-27)20-24-7-5-4-6-8-24/h4-8,10-11,17-18,22,27,29-30,32,34,40H,9,12-16,19-21H2,1-3H3/b23-17+/t29-,30+,32-,34-/m1/s1. The quantitative estimate of drug-likeness (QED) is 0.248. The third-order valence-corrected chi connectivity index (χ3v) is 10.5. The SMILES string of the molecule is C/C(=C\c1cc(Br)ccc1O)CC[C@H]1OC[C@H]2C1=C(C(C)C)C[C@H]1C(=O)N(C3CCN(Cc4ccccc4)CC3)C(=O)[C@H]12. The highest BCUT2D eigenvalue weighted by atomic mass is 79.9. The Bertz CT molecular complexity index is 1430. The number of imide groups is 1. The molecule has 0 saturated carbocycles. The summed E-state index contributed by atoms with van der Waals surface area (Å²) in [5.74, 6) is 0.0723. The number of likely N-dealkylation sites (tertiary alicyclic amines) is 2. The maximum atomic E-state index is 14.1. The third kappa shape index (κ3) is 6.13. The molecule has 3 aliphatic heterocycles. The summed E-state index contributed by atoms with van der Waals surface area (Å²) in [6.07, 6.45) is 5.98. The number of amides is 2. The lowest BCUT2D eigenvalue weighted by atomic mass is 9.67. The Labute approximate surface area is 263 Å². The van der Waals surface area contributed by atoms with Gasteiger partial charge in [0.25, 0.3) is 0 Å². The van der Waals surface area contributed by atoms with Crippen LogP contribution in [0.1, 0.15) is 64.0 Å². The summed E-state index contributed by atoms with van der Waals surface area (Å²) in [4.78, 5) is 32.1. The van der Waals surface area contributed by atoms with Gasteiger partial charge in [-0.05, 0) is 74.3 Å². The van der Waals surface area contributed by atoms with Gasteiger partial charge in [0.05, 0.1) is 24.5 Å². The maximum absolute atomic E-state index is 14.1. The second kappa shape index (κ2) is 12.7. The number of hydrogen-bond acceptors (Lipinski definition) is 5. The van der Waals surface area contributed by atoms with Gasteiger partial charge in [-0.3, -0.25) is 19.4 Å². The van der Waals surface area contributed by atoms with Crippen molar-refractivity contribution in [2.24, 2.45) is 23.7 Å². The molecule has 2 aromatic carbocycles. The molecule has 6 nitrogen and oxygen atoms in total. The van der Waals surface area contributed by atoms with Crippen molar-refractivity contribution in [1.82, 2.24) is 9.80 Å². The molecule has 3 saturated heterocycles. The molecule has 6 rings (SSSR count). The highest BCUT2D eigenvalue weighted by Crippen LogP contribution is 2.52. The van der Waals surface area contributed by atoms with Gasteiger partial charge in [0.1, 0.15) is 5.75 Å². The summed E-state index contributed by atoms with van der Waals surface area (Å²) in [5, 5.41) is 10.3. The first-order valence-electron chi connectivity index (χ1n) is 15.8.